The molecule has 1 aliphatic heterocycles. The fourth-order valence-corrected chi connectivity index (χ4v) is 5.40. The summed E-state index contributed by atoms with van der Waals surface area (Å²) in [5.41, 5.74) is 2.68. The average molecular weight is 474 g/mol. The van der Waals surface area contributed by atoms with Crippen LogP contribution in [0.4, 0.5) is 5.69 Å². The highest BCUT2D eigenvalue weighted by atomic mass is 32.2. The smallest absolute Gasteiger partial charge is 0.244 e. The largest absolute Gasteiger partial charge is 0.494 e. The zero-order valence-corrected chi connectivity index (χ0v) is 20.6. The number of nitrogens with zero attached hydrogens (tertiary/aromatic N) is 2. The van der Waals surface area contributed by atoms with Crippen LogP contribution in [-0.2, 0) is 27.9 Å². The number of sulfonamides is 1. The summed E-state index contributed by atoms with van der Waals surface area (Å²) < 4.78 is 31.9. The molecule has 1 saturated heterocycles. The highest BCUT2D eigenvalue weighted by molar-refractivity contribution is 7.92. The van der Waals surface area contributed by atoms with Crippen LogP contribution in [-0.4, -0.2) is 51.2 Å². The molecule has 0 aromatic heterocycles. The molecule has 2 aromatic carbocycles. The Balaban J connectivity index is 1.66. The van der Waals surface area contributed by atoms with Crippen molar-refractivity contribution < 1.29 is 17.9 Å². The molecule has 0 radical (unpaired) electrons. The topological polar surface area (TPSA) is 79.0 Å². The molecule has 0 bridgehead atoms. The molecular formula is C25H35N3O4S. The van der Waals surface area contributed by atoms with Gasteiger partial charge in [0.15, 0.2) is 0 Å². The van der Waals surface area contributed by atoms with E-state index >= 15 is 0 Å². The van der Waals surface area contributed by atoms with E-state index < -0.39 is 16.1 Å². The van der Waals surface area contributed by atoms with Crippen LogP contribution in [0.2, 0.25) is 0 Å². The molecule has 7 nitrogen and oxygen atoms in total. The van der Waals surface area contributed by atoms with Crippen LogP contribution in [0.1, 0.15) is 44.2 Å². The van der Waals surface area contributed by atoms with Crippen molar-refractivity contribution in [1.29, 1.82) is 0 Å². The Bertz CT molecular complexity index is 1000. The van der Waals surface area contributed by atoms with Crippen molar-refractivity contribution >= 4 is 21.6 Å². The van der Waals surface area contributed by atoms with Crippen molar-refractivity contribution in [3.63, 3.8) is 0 Å². The molecule has 1 atom stereocenters. The van der Waals surface area contributed by atoms with Gasteiger partial charge in [-0.2, -0.15) is 0 Å². The predicted molar refractivity (Wildman–Crippen MR) is 132 cm³/mol. The summed E-state index contributed by atoms with van der Waals surface area (Å²) >= 11 is 0. The van der Waals surface area contributed by atoms with Gasteiger partial charge in [0, 0.05) is 13.1 Å². The number of nitrogens with one attached hydrogen (secondary N) is 1. The molecule has 8 heteroatoms. The van der Waals surface area contributed by atoms with E-state index in [9.17, 15) is 13.2 Å². The van der Waals surface area contributed by atoms with Gasteiger partial charge >= 0.3 is 0 Å². The Morgan fingerprint density at radius 1 is 1.03 bits per heavy atom. The zero-order chi connectivity index (χ0) is 23.8. The van der Waals surface area contributed by atoms with Crippen LogP contribution in [0, 0.1) is 0 Å². The van der Waals surface area contributed by atoms with Gasteiger partial charge in [0.05, 0.1) is 18.6 Å². The van der Waals surface area contributed by atoms with Gasteiger partial charge in [-0.1, -0.05) is 31.2 Å². The molecule has 2 aromatic rings. The number of rotatable bonds is 11. The van der Waals surface area contributed by atoms with Crippen LogP contribution in [0.3, 0.4) is 0 Å². The standard InChI is InChI=1S/C25H35N3O4S/c1-4-24(28(33(3,30)31)22-12-14-23(15-13-22)32-5-2)25(29)26-18-20-8-10-21(11-9-20)19-27-16-6-7-17-27/h8-15,24H,4-7,16-19H2,1-3H3,(H,26,29). The maximum atomic E-state index is 13.0. The number of hydrogen-bond acceptors (Lipinski definition) is 5. The maximum Gasteiger partial charge on any atom is 0.244 e. The molecule has 1 unspecified atom stereocenters. The number of ether oxygens (including phenoxy) is 1. The molecule has 1 fully saturated rings. The molecule has 33 heavy (non-hydrogen) atoms. The Labute approximate surface area is 197 Å². The van der Waals surface area contributed by atoms with Gasteiger partial charge in [-0.25, -0.2) is 8.42 Å². The minimum Gasteiger partial charge on any atom is -0.494 e. The first-order valence-electron chi connectivity index (χ1n) is 11.6. The number of anilines is 1. The Morgan fingerprint density at radius 2 is 1.64 bits per heavy atom. The molecule has 3 rings (SSSR count). The summed E-state index contributed by atoms with van der Waals surface area (Å²) in [4.78, 5) is 15.5. The number of carbonyl (C=O) groups is 1. The lowest BCUT2D eigenvalue weighted by Crippen LogP contribution is -2.49. The van der Waals surface area contributed by atoms with Crippen LogP contribution >= 0.6 is 0 Å². The van der Waals surface area contributed by atoms with E-state index in [0.717, 1.165) is 31.5 Å². The minimum absolute atomic E-state index is 0.321. The zero-order valence-electron chi connectivity index (χ0n) is 19.8. The maximum absolute atomic E-state index is 13.0. The lowest BCUT2D eigenvalue weighted by atomic mass is 10.1. The van der Waals surface area contributed by atoms with Crippen molar-refractivity contribution in [2.75, 3.05) is 30.3 Å². The summed E-state index contributed by atoms with van der Waals surface area (Å²) in [5.74, 6) is 0.332. The lowest BCUT2D eigenvalue weighted by molar-refractivity contribution is -0.122. The number of carbonyl (C=O) groups excluding carboxylic acids is 1. The van der Waals surface area contributed by atoms with Crippen LogP contribution in [0.15, 0.2) is 48.5 Å². The van der Waals surface area contributed by atoms with E-state index in [1.54, 1.807) is 24.3 Å². The first kappa shape index (κ1) is 25.1. The van der Waals surface area contributed by atoms with Gasteiger partial charge in [-0.15, -0.1) is 0 Å². The van der Waals surface area contributed by atoms with Crippen LogP contribution in [0.25, 0.3) is 0 Å². The van der Waals surface area contributed by atoms with Gasteiger partial charge in [0.2, 0.25) is 15.9 Å². The first-order chi connectivity index (χ1) is 15.8. The highest BCUT2D eigenvalue weighted by Gasteiger charge is 2.31. The lowest BCUT2D eigenvalue weighted by Gasteiger charge is -2.30. The molecule has 1 amide bonds. The van der Waals surface area contributed by atoms with Crippen molar-refractivity contribution in [3.05, 3.63) is 59.7 Å². The average Bonchev–Trinajstić information content (AvgIpc) is 3.30. The van der Waals surface area contributed by atoms with Crippen LogP contribution < -0.4 is 14.4 Å². The normalized spacial score (nSPS) is 15.2. The van der Waals surface area contributed by atoms with Crippen molar-refractivity contribution in [1.82, 2.24) is 10.2 Å². The first-order valence-corrected chi connectivity index (χ1v) is 13.5. The predicted octanol–water partition coefficient (Wildman–Crippen LogP) is 3.54. The van der Waals surface area contributed by atoms with E-state index in [1.807, 2.05) is 26.0 Å². The number of likely N-dealkylation sites (tertiary alicyclic amines) is 1. The Morgan fingerprint density at radius 3 is 2.18 bits per heavy atom. The van der Waals surface area contributed by atoms with Gasteiger partial charge in [-0.3, -0.25) is 14.0 Å². The minimum atomic E-state index is -3.67. The molecule has 1 N–H and O–H groups in total. The van der Waals surface area contributed by atoms with E-state index in [-0.39, 0.29) is 5.91 Å². The van der Waals surface area contributed by atoms with Gasteiger partial charge < -0.3 is 10.1 Å². The third-order valence-electron chi connectivity index (χ3n) is 5.83. The molecule has 0 saturated carbocycles. The van der Waals surface area contributed by atoms with Gasteiger partial charge in [-0.05, 0) is 74.7 Å². The van der Waals surface area contributed by atoms with E-state index in [1.165, 1.54) is 22.7 Å². The second kappa shape index (κ2) is 11.5. The second-order valence-electron chi connectivity index (χ2n) is 8.43. The number of amides is 1. The Kier molecular flexibility index (Phi) is 8.74. The third kappa shape index (κ3) is 6.95. The summed E-state index contributed by atoms with van der Waals surface area (Å²) in [6.07, 6.45) is 4.01. The van der Waals surface area contributed by atoms with Crippen molar-refractivity contribution in [2.24, 2.45) is 0 Å². The quantitative estimate of drug-likeness (QED) is 0.540. The van der Waals surface area contributed by atoms with Crippen LogP contribution in [0.5, 0.6) is 5.75 Å². The van der Waals surface area contributed by atoms with E-state index in [0.29, 0.717) is 31.0 Å². The molecular weight excluding hydrogens is 438 g/mol. The SMILES string of the molecule is CCOc1ccc(N(C(CC)C(=O)NCc2ccc(CN3CCCC3)cc2)S(C)(=O)=O)cc1. The number of hydrogen-bond donors (Lipinski definition) is 1. The summed E-state index contributed by atoms with van der Waals surface area (Å²) in [7, 11) is -3.67. The van der Waals surface area contributed by atoms with Gasteiger partial charge in [0.25, 0.3) is 0 Å². The molecule has 0 aliphatic carbocycles. The fraction of sp³-hybridized carbons (Fsp3) is 0.480. The van der Waals surface area contributed by atoms with Crippen molar-refractivity contribution in [2.45, 2.75) is 52.2 Å². The summed E-state index contributed by atoms with van der Waals surface area (Å²) in [5, 5.41) is 2.92. The summed E-state index contributed by atoms with van der Waals surface area (Å²) in [6.45, 7) is 7.83. The highest BCUT2D eigenvalue weighted by Crippen LogP contribution is 2.25. The summed E-state index contributed by atoms with van der Waals surface area (Å²) in [6, 6.07) is 14.2. The third-order valence-corrected chi connectivity index (χ3v) is 7.01. The van der Waals surface area contributed by atoms with E-state index in [4.69, 9.17) is 4.74 Å². The fourth-order valence-electron chi connectivity index (χ4n) is 4.18. The molecule has 0 spiro atoms. The second-order valence-corrected chi connectivity index (χ2v) is 10.3. The molecule has 180 valence electrons. The molecule has 1 aliphatic rings. The van der Waals surface area contributed by atoms with Crippen molar-refractivity contribution in [3.8, 4) is 5.75 Å². The molecule has 1 heterocycles. The number of benzene rings is 2. The monoisotopic (exact) mass is 473 g/mol. The Hall–Kier alpha value is -2.58. The van der Waals surface area contributed by atoms with E-state index in [2.05, 4.69) is 22.3 Å². The van der Waals surface area contributed by atoms with Gasteiger partial charge in [0.1, 0.15) is 11.8 Å².